The Bertz CT molecular complexity index is 636. The van der Waals surface area contributed by atoms with Crippen LogP contribution in [0, 0.1) is 5.92 Å². The molecule has 1 aliphatic heterocycles. The van der Waals surface area contributed by atoms with E-state index in [1.165, 1.54) is 50.8 Å². The van der Waals surface area contributed by atoms with Crippen molar-refractivity contribution in [3.63, 3.8) is 0 Å². The Balaban J connectivity index is 1.25. The van der Waals surface area contributed by atoms with Gasteiger partial charge in [-0.1, -0.05) is 23.7 Å². The number of likely N-dealkylation sites (tertiary alicyclic amines) is 1. The highest BCUT2D eigenvalue weighted by atomic mass is 35.5. The largest absolute Gasteiger partial charge is 0.356 e. The maximum absolute atomic E-state index is 6.17. The van der Waals surface area contributed by atoms with Crippen molar-refractivity contribution in [1.82, 2.24) is 15.5 Å². The van der Waals surface area contributed by atoms with Gasteiger partial charge in [-0.3, -0.25) is 4.99 Å². The van der Waals surface area contributed by atoms with Crippen LogP contribution in [0.5, 0.6) is 0 Å². The number of halogens is 1. The molecule has 0 spiro atoms. The van der Waals surface area contributed by atoms with Crippen molar-refractivity contribution < 1.29 is 0 Å². The second kappa shape index (κ2) is 7.16. The van der Waals surface area contributed by atoms with Gasteiger partial charge in [-0.15, -0.1) is 0 Å². The summed E-state index contributed by atoms with van der Waals surface area (Å²) in [6, 6.07) is 9.20. The number of guanidine groups is 1. The molecule has 136 valence electrons. The minimum atomic E-state index is 0.235. The van der Waals surface area contributed by atoms with E-state index >= 15 is 0 Å². The summed E-state index contributed by atoms with van der Waals surface area (Å²) in [6.45, 7) is 4.47. The summed E-state index contributed by atoms with van der Waals surface area (Å²) in [5.74, 6) is 1.68. The van der Waals surface area contributed by atoms with Crippen LogP contribution in [0.1, 0.15) is 37.7 Å². The van der Waals surface area contributed by atoms with Gasteiger partial charge in [0.15, 0.2) is 5.96 Å². The Morgan fingerprint density at radius 1 is 1.28 bits per heavy atom. The third-order valence-corrected chi connectivity index (χ3v) is 6.28. The zero-order valence-electron chi connectivity index (χ0n) is 15.1. The van der Waals surface area contributed by atoms with Crippen LogP contribution in [0.25, 0.3) is 0 Å². The monoisotopic (exact) mass is 360 g/mol. The first kappa shape index (κ1) is 17.2. The van der Waals surface area contributed by atoms with E-state index in [4.69, 9.17) is 11.6 Å². The van der Waals surface area contributed by atoms with Gasteiger partial charge in [0.05, 0.1) is 0 Å². The smallest absolute Gasteiger partial charge is 0.191 e. The van der Waals surface area contributed by atoms with Gasteiger partial charge in [0.2, 0.25) is 0 Å². The Morgan fingerprint density at radius 3 is 2.80 bits per heavy atom. The molecule has 0 radical (unpaired) electrons. The van der Waals surface area contributed by atoms with Gasteiger partial charge in [0.1, 0.15) is 0 Å². The van der Waals surface area contributed by atoms with Crippen LogP contribution < -0.4 is 10.6 Å². The van der Waals surface area contributed by atoms with Gasteiger partial charge < -0.3 is 15.5 Å². The standard InChI is InChI=1S/C20H29ClN4/c1-22-19(23-12-15-7-10-25(13-15)18-5-6-18)24-14-20(8-9-20)16-3-2-4-17(21)11-16/h2-4,11,15,18H,5-10,12-14H2,1H3,(H2,22,23,24). The van der Waals surface area contributed by atoms with Crippen molar-refractivity contribution in [3.8, 4) is 0 Å². The lowest BCUT2D eigenvalue weighted by molar-refractivity contribution is 0.314. The van der Waals surface area contributed by atoms with Crippen molar-refractivity contribution in [3.05, 3.63) is 34.9 Å². The molecule has 4 rings (SSSR count). The molecule has 1 saturated heterocycles. The van der Waals surface area contributed by atoms with Gasteiger partial charge >= 0.3 is 0 Å². The van der Waals surface area contributed by atoms with Gasteiger partial charge in [-0.05, 0) is 62.3 Å². The molecule has 0 bridgehead atoms. The number of rotatable bonds is 6. The van der Waals surface area contributed by atoms with Gasteiger partial charge in [0.25, 0.3) is 0 Å². The molecule has 3 fully saturated rings. The molecular weight excluding hydrogens is 332 g/mol. The molecule has 1 atom stereocenters. The van der Waals surface area contributed by atoms with Gasteiger partial charge in [-0.2, -0.15) is 0 Å². The fraction of sp³-hybridized carbons (Fsp3) is 0.650. The van der Waals surface area contributed by atoms with Gasteiger partial charge in [-0.25, -0.2) is 0 Å². The molecule has 0 amide bonds. The Morgan fingerprint density at radius 2 is 2.12 bits per heavy atom. The molecule has 2 aliphatic carbocycles. The maximum atomic E-state index is 6.17. The van der Waals surface area contributed by atoms with Crippen LogP contribution >= 0.6 is 11.6 Å². The fourth-order valence-corrected chi connectivity index (χ4v) is 4.24. The molecule has 0 aromatic heterocycles. The molecule has 3 aliphatic rings. The number of nitrogens with zero attached hydrogens (tertiary/aromatic N) is 2. The van der Waals surface area contributed by atoms with Crippen molar-refractivity contribution in [1.29, 1.82) is 0 Å². The van der Waals surface area contributed by atoms with Crippen LogP contribution in [0.3, 0.4) is 0 Å². The molecule has 1 aromatic carbocycles. The fourth-order valence-electron chi connectivity index (χ4n) is 4.05. The summed E-state index contributed by atoms with van der Waals surface area (Å²) in [4.78, 5) is 7.08. The quantitative estimate of drug-likeness (QED) is 0.605. The summed E-state index contributed by atoms with van der Waals surface area (Å²) < 4.78 is 0. The van der Waals surface area contributed by atoms with E-state index in [2.05, 4.69) is 38.7 Å². The van der Waals surface area contributed by atoms with E-state index in [-0.39, 0.29) is 5.41 Å². The first-order chi connectivity index (χ1) is 12.2. The highest BCUT2D eigenvalue weighted by Gasteiger charge is 2.44. The molecule has 2 N–H and O–H groups in total. The Kier molecular flexibility index (Phi) is 4.92. The molecule has 1 unspecified atom stereocenters. The summed E-state index contributed by atoms with van der Waals surface area (Å²) in [7, 11) is 1.86. The van der Waals surface area contributed by atoms with Crippen molar-refractivity contribution >= 4 is 17.6 Å². The lowest BCUT2D eigenvalue weighted by Crippen LogP contribution is -2.43. The molecule has 4 nitrogen and oxygen atoms in total. The van der Waals surface area contributed by atoms with Crippen molar-refractivity contribution in [2.75, 3.05) is 33.2 Å². The lowest BCUT2D eigenvalue weighted by Gasteiger charge is -2.20. The number of hydrogen-bond donors (Lipinski definition) is 2. The van der Waals surface area contributed by atoms with Crippen LogP contribution in [0.2, 0.25) is 5.02 Å². The van der Waals surface area contributed by atoms with Crippen LogP contribution in [0.15, 0.2) is 29.3 Å². The number of benzene rings is 1. The number of nitrogens with one attached hydrogen (secondary N) is 2. The molecule has 5 heteroatoms. The minimum Gasteiger partial charge on any atom is -0.356 e. The lowest BCUT2D eigenvalue weighted by atomic mass is 9.96. The third-order valence-electron chi connectivity index (χ3n) is 6.05. The van der Waals surface area contributed by atoms with Crippen molar-refractivity contribution in [2.45, 2.75) is 43.6 Å². The topological polar surface area (TPSA) is 39.7 Å². The second-order valence-electron chi connectivity index (χ2n) is 7.98. The first-order valence-corrected chi connectivity index (χ1v) is 10.0. The van der Waals surface area contributed by atoms with Gasteiger partial charge in [0, 0.05) is 43.2 Å². The summed E-state index contributed by atoms with van der Waals surface area (Å²) in [5, 5.41) is 7.91. The predicted molar refractivity (Wildman–Crippen MR) is 104 cm³/mol. The average Bonchev–Trinajstić information content (AvgIpc) is 3.55. The van der Waals surface area contributed by atoms with E-state index < -0.39 is 0 Å². The zero-order valence-corrected chi connectivity index (χ0v) is 15.9. The highest BCUT2D eigenvalue weighted by molar-refractivity contribution is 6.30. The van der Waals surface area contributed by atoms with E-state index in [1.54, 1.807) is 0 Å². The van der Waals surface area contributed by atoms with E-state index in [0.29, 0.717) is 0 Å². The summed E-state index contributed by atoms with van der Waals surface area (Å²) in [6.07, 6.45) is 6.57. The molecule has 1 heterocycles. The van der Waals surface area contributed by atoms with E-state index in [9.17, 15) is 0 Å². The second-order valence-corrected chi connectivity index (χ2v) is 8.41. The first-order valence-electron chi connectivity index (χ1n) is 9.63. The highest BCUT2D eigenvalue weighted by Crippen LogP contribution is 2.48. The van der Waals surface area contributed by atoms with Crippen LogP contribution in [0.4, 0.5) is 0 Å². The van der Waals surface area contributed by atoms with E-state index in [0.717, 1.165) is 36.0 Å². The number of hydrogen-bond acceptors (Lipinski definition) is 2. The molecule has 25 heavy (non-hydrogen) atoms. The number of aliphatic imine (C=N–C) groups is 1. The maximum Gasteiger partial charge on any atom is 0.191 e. The summed E-state index contributed by atoms with van der Waals surface area (Å²) >= 11 is 6.17. The molecule has 2 saturated carbocycles. The van der Waals surface area contributed by atoms with Crippen LogP contribution in [-0.2, 0) is 5.41 Å². The Labute approximate surface area is 156 Å². The average molecular weight is 361 g/mol. The zero-order chi connectivity index (χ0) is 17.3. The SMILES string of the molecule is CN=C(NCC1CCN(C2CC2)C1)NCC1(c2cccc(Cl)c2)CC1. The Hall–Kier alpha value is -1.26. The molecule has 1 aromatic rings. The van der Waals surface area contributed by atoms with E-state index in [1.807, 2.05) is 13.1 Å². The third kappa shape index (κ3) is 4.12. The normalized spacial score (nSPS) is 25.8. The molecular formula is C20H29ClN4. The predicted octanol–water partition coefficient (Wildman–Crippen LogP) is 3.02. The van der Waals surface area contributed by atoms with Crippen LogP contribution in [-0.4, -0.2) is 50.1 Å². The minimum absolute atomic E-state index is 0.235. The summed E-state index contributed by atoms with van der Waals surface area (Å²) in [5.41, 5.74) is 1.58. The van der Waals surface area contributed by atoms with Crippen molar-refractivity contribution in [2.24, 2.45) is 10.9 Å².